The summed E-state index contributed by atoms with van der Waals surface area (Å²) in [6, 6.07) is 6.19. The molecule has 4 nitrogen and oxygen atoms in total. The Labute approximate surface area is 128 Å². The fraction of sp³-hybridized carbons (Fsp3) is 0.0769. The lowest BCUT2D eigenvalue weighted by molar-refractivity contribution is 1.38. The van der Waals surface area contributed by atoms with Gasteiger partial charge in [0.05, 0.1) is 23.0 Å². The van der Waals surface area contributed by atoms with Crippen molar-refractivity contribution in [3.05, 3.63) is 40.1 Å². The van der Waals surface area contributed by atoms with Crippen LogP contribution in [0.15, 0.2) is 28.7 Å². The van der Waals surface area contributed by atoms with Crippen molar-refractivity contribution in [1.82, 2.24) is 9.97 Å². The molecule has 0 saturated carbocycles. The van der Waals surface area contributed by atoms with Crippen LogP contribution in [0.5, 0.6) is 0 Å². The average Bonchev–Trinajstić information content (AvgIpc) is 3.05. The summed E-state index contributed by atoms with van der Waals surface area (Å²) in [6.45, 7) is 2.00. The number of anilines is 1. The lowest BCUT2D eigenvalue weighted by Crippen LogP contribution is -1.88. The second kappa shape index (κ2) is 5.37. The normalized spacial score (nSPS) is 10.7. The fourth-order valence-corrected chi connectivity index (χ4v) is 3.81. The topological polar surface area (TPSA) is 64.5 Å². The zero-order valence-electron chi connectivity index (χ0n) is 10.4. The molecule has 0 aliphatic carbocycles. The van der Waals surface area contributed by atoms with E-state index >= 15 is 0 Å². The van der Waals surface area contributed by atoms with E-state index in [9.17, 15) is 0 Å². The number of H-pyrrole nitrogens is 1. The van der Waals surface area contributed by atoms with Crippen molar-refractivity contribution >= 4 is 51.5 Å². The maximum absolute atomic E-state index is 9.13. The number of hydrogen-bond donors (Lipinski definition) is 2. The van der Waals surface area contributed by atoms with Crippen molar-refractivity contribution in [3.8, 4) is 6.07 Å². The summed E-state index contributed by atoms with van der Waals surface area (Å²) < 4.78 is 4.78. The monoisotopic (exact) mass is 320 g/mol. The first-order chi connectivity index (χ1) is 9.69. The molecule has 20 heavy (non-hydrogen) atoms. The minimum atomic E-state index is 0.523. The standard InChI is InChI=1S/C13H9ClN4S2/c1-7-2-3-9(12-11(7)8(4-15)5-16-12)18-20-10-6-17-13(14)19-10/h2-3,5-6,16,18H,1H3. The van der Waals surface area contributed by atoms with E-state index in [1.165, 1.54) is 23.3 Å². The van der Waals surface area contributed by atoms with Crippen LogP contribution >= 0.6 is 34.9 Å². The van der Waals surface area contributed by atoms with Gasteiger partial charge in [0.1, 0.15) is 10.3 Å². The maximum atomic E-state index is 9.13. The minimum Gasteiger partial charge on any atom is -0.358 e. The highest BCUT2D eigenvalue weighted by atomic mass is 35.5. The molecule has 1 aromatic carbocycles. The molecule has 3 rings (SSSR count). The Hall–Kier alpha value is -1.68. The number of fused-ring (bicyclic) bond motifs is 1. The van der Waals surface area contributed by atoms with E-state index in [2.05, 4.69) is 20.8 Å². The van der Waals surface area contributed by atoms with Crippen LogP contribution in [0.3, 0.4) is 0 Å². The first-order valence-corrected chi connectivity index (χ1v) is 7.75. The molecule has 0 unspecified atom stereocenters. The van der Waals surface area contributed by atoms with Crippen molar-refractivity contribution in [1.29, 1.82) is 5.26 Å². The van der Waals surface area contributed by atoms with Crippen LogP contribution in [0.4, 0.5) is 5.69 Å². The Balaban J connectivity index is 1.94. The van der Waals surface area contributed by atoms with E-state index in [0.29, 0.717) is 10.0 Å². The molecule has 0 bridgehead atoms. The van der Waals surface area contributed by atoms with Crippen LogP contribution in [0.2, 0.25) is 4.47 Å². The van der Waals surface area contributed by atoms with Crippen molar-refractivity contribution < 1.29 is 0 Å². The summed E-state index contributed by atoms with van der Waals surface area (Å²) in [7, 11) is 0. The minimum absolute atomic E-state index is 0.523. The number of rotatable bonds is 3. The van der Waals surface area contributed by atoms with Crippen LogP contribution in [0.1, 0.15) is 11.1 Å². The molecule has 0 radical (unpaired) electrons. The van der Waals surface area contributed by atoms with Gasteiger partial charge >= 0.3 is 0 Å². The van der Waals surface area contributed by atoms with Gasteiger partial charge in [0.2, 0.25) is 0 Å². The van der Waals surface area contributed by atoms with Gasteiger partial charge in [-0.25, -0.2) is 4.98 Å². The van der Waals surface area contributed by atoms with Crippen molar-refractivity contribution in [2.45, 2.75) is 11.1 Å². The van der Waals surface area contributed by atoms with E-state index in [4.69, 9.17) is 16.9 Å². The molecule has 2 N–H and O–H groups in total. The number of nitrogens with zero attached hydrogens (tertiary/aromatic N) is 2. The highest BCUT2D eigenvalue weighted by Gasteiger charge is 2.10. The molecule has 0 atom stereocenters. The molecule has 2 heterocycles. The Morgan fingerprint density at radius 3 is 3.05 bits per heavy atom. The number of thiazole rings is 1. The van der Waals surface area contributed by atoms with E-state index in [1.807, 2.05) is 19.1 Å². The van der Waals surface area contributed by atoms with Crippen molar-refractivity contribution in [2.24, 2.45) is 0 Å². The Bertz CT molecular complexity index is 815. The number of nitrogens with one attached hydrogen (secondary N) is 2. The van der Waals surface area contributed by atoms with Gasteiger partial charge in [0.25, 0.3) is 0 Å². The first kappa shape index (κ1) is 13.3. The molecule has 3 aromatic rings. The summed E-state index contributed by atoms with van der Waals surface area (Å²) in [5, 5.41) is 10.1. The maximum Gasteiger partial charge on any atom is 0.184 e. The number of benzene rings is 1. The van der Waals surface area contributed by atoms with Crippen LogP contribution in [-0.4, -0.2) is 9.97 Å². The zero-order chi connectivity index (χ0) is 14.1. The number of aromatic amines is 1. The van der Waals surface area contributed by atoms with Gasteiger partial charge in [-0.05, 0) is 30.5 Å². The summed E-state index contributed by atoms with van der Waals surface area (Å²) >= 11 is 8.67. The van der Waals surface area contributed by atoms with Crippen LogP contribution in [0, 0.1) is 18.3 Å². The van der Waals surface area contributed by atoms with Crippen LogP contribution < -0.4 is 4.72 Å². The molecular weight excluding hydrogens is 312 g/mol. The predicted octanol–water partition coefficient (Wildman–Crippen LogP) is 4.58. The SMILES string of the molecule is Cc1ccc(NSc2cnc(Cl)s2)c2[nH]cc(C#N)c12. The third kappa shape index (κ3) is 2.36. The van der Waals surface area contributed by atoms with Gasteiger partial charge in [0, 0.05) is 11.6 Å². The van der Waals surface area contributed by atoms with E-state index < -0.39 is 0 Å². The number of aryl methyl sites for hydroxylation is 1. The second-order valence-corrected chi connectivity index (χ2v) is 6.85. The van der Waals surface area contributed by atoms with Gasteiger partial charge in [-0.2, -0.15) is 5.26 Å². The highest BCUT2D eigenvalue weighted by Crippen LogP contribution is 2.33. The summed E-state index contributed by atoms with van der Waals surface area (Å²) in [5.41, 5.74) is 3.60. The molecule has 2 aromatic heterocycles. The average molecular weight is 321 g/mol. The summed E-state index contributed by atoms with van der Waals surface area (Å²) in [6.07, 6.45) is 3.46. The molecule has 0 spiro atoms. The highest BCUT2D eigenvalue weighted by molar-refractivity contribution is 8.02. The van der Waals surface area contributed by atoms with E-state index in [-0.39, 0.29) is 0 Å². The smallest absolute Gasteiger partial charge is 0.184 e. The Morgan fingerprint density at radius 2 is 2.35 bits per heavy atom. The molecule has 100 valence electrons. The molecule has 0 aliphatic rings. The second-order valence-electron chi connectivity index (χ2n) is 4.13. The van der Waals surface area contributed by atoms with Crippen LogP contribution in [-0.2, 0) is 0 Å². The zero-order valence-corrected chi connectivity index (χ0v) is 12.8. The Morgan fingerprint density at radius 1 is 1.50 bits per heavy atom. The number of nitriles is 1. The van der Waals surface area contributed by atoms with Gasteiger partial charge in [-0.1, -0.05) is 29.0 Å². The number of aromatic nitrogens is 2. The van der Waals surface area contributed by atoms with Crippen LogP contribution in [0.25, 0.3) is 10.9 Å². The predicted molar refractivity (Wildman–Crippen MR) is 84.4 cm³/mol. The molecule has 0 saturated heterocycles. The molecule has 0 fully saturated rings. The molecule has 0 amide bonds. The van der Waals surface area contributed by atoms with Gasteiger partial charge in [-0.3, -0.25) is 0 Å². The number of halogens is 1. The van der Waals surface area contributed by atoms with Crippen molar-refractivity contribution in [3.63, 3.8) is 0 Å². The molecule has 0 aliphatic heterocycles. The lowest BCUT2D eigenvalue weighted by atomic mass is 10.1. The van der Waals surface area contributed by atoms with Gasteiger partial charge in [-0.15, -0.1) is 0 Å². The van der Waals surface area contributed by atoms with E-state index in [1.54, 1.807) is 12.4 Å². The third-order valence-corrected chi connectivity index (χ3v) is 4.92. The summed E-state index contributed by atoms with van der Waals surface area (Å²) in [4.78, 5) is 7.15. The lowest BCUT2D eigenvalue weighted by Gasteiger charge is -2.06. The molecular formula is C13H9ClN4S2. The largest absolute Gasteiger partial charge is 0.358 e. The van der Waals surface area contributed by atoms with Gasteiger partial charge < -0.3 is 9.71 Å². The fourth-order valence-electron chi connectivity index (χ4n) is 1.99. The Kier molecular flexibility index (Phi) is 3.57. The van der Waals surface area contributed by atoms with Gasteiger partial charge in [0.15, 0.2) is 4.47 Å². The first-order valence-electron chi connectivity index (χ1n) is 5.74. The van der Waals surface area contributed by atoms with Crippen molar-refractivity contribution in [2.75, 3.05) is 4.72 Å². The quantitative estimate of drug-likeness (QED) is 0.693. The summed E-state index contributed by atoms with van der Waals surface area (Å²) in [5.74, 6) is 0. The number of hydrogen-bond acceptors (Lipinski definition) is 5. The third-order valence-electron chi connectivity index (χ3n) is 2.88. The van der Waals surface area contributed by atoms with E-state index in [0.717, 1.165) is 26.4 Å². The molecule has 7 heteroatoms.